The summed E-state index contributed by atoms with van der Waals surface area (Å²) in [6, 6.07) is 17.6. The molecule has 1 heterocycles. The van der Waals surface area contributed by atoms with Gasteiger partial charge in [-0.25, -0.2) is 9.97 Å². The average molecular weight is 345 g/mol. The van der Waals surface area contributed by atoms with E-state index in [1.165, 1.54) is 19.4 Å². The lowest BCUT2D eigenvalue weighted by atomic mass is 10.2. The van der Waals surface area contributed by atoms with Crippen molar-refractivity contribution in [1.29, 1.82) is 5.26 Å². The van der Waals surface area contributed by atoms with Crippen molar-refractivity contribution in [3.63, 3.8) is 0 Å². The summed E-state index contributed by atoms with van der Waals surface area (Å²) in [6.07, 6.45) is 1.49. The van der Waals surface area contributed by atoms with Crippen LogP contribution in [0.15, 0.2) is 60.8 Å². The molecule has 0 spiro atoms. The Morgan fingerprint density at radius 1 is 1.15 bits per heavy atom. The Bertz CT molecular complexity index is 981. The van der Waals surface area contributed by atoms with Crippen LogP contribution in [0.4, 0.5) is 17.3 Å². The van der Waals surface area contributed by atoms with E-state index in [4.69, 9.17) is 10.00 Å². The maximum atomic E-state index is 12.5. The van der Waals surface area contributed by atoms with Crippen molar-refractivity contribution in [1.82, 2.24) is 9.97 Å². The van der Waals surface area contributed by atoms with E-state index in [0.29, 0.717) is 22.7 Å². The van der Waals surface area contributed by atoms with E-state index >= 15 is 0 Å². The van der Waals surface area contributed by atoms with E-state index in [1.54, 1.807) is 42.5 Å². The predicted molar refractivity (Wildman–Crippen MR) is 97.4 cm³/mol. The van der Waals surface area contributed by atoms with Gasteiger partial charge < -0.3 is 15.4 Å². The van der Waals surface area contributed by atoms with Gasteiger partial charge in [-0.1, -0.05) is 18.2 Å². The molecule has 0 unspecified atom stereocenters. The summed E-state index contributed by atoms with van der Waals surface area (Å²) in [5, 5.41) is 14.7. The first-order chi connectivity index (χ1) is 12.7. The first kappa shape index (κ1) is 16.9. The summed E-state index contributed by atoms with van der Waals surface area (Å²) in [5.41, 5.74) is 1.92. The van der Waals surface area contributed by atoms with Crippen LogP contribution in [-0.4, -0.2) is 23.0 Å². The highest BCUT2D eigenvalue weighted by atomic mass is 16.5. The highest BCUT2D eigenvalue weighted by Gasteiger charge is 2.12. The molecule has 2 N–H and O–H groups in total. The SMILES string of the molecule is COc1ccccc1NC(=O)c1ccnc(Nc2cccc(C#N)c2)n1. The van der Waals surface area contributed by atoms with E-state index in [1.807, 2.05) is 6.07 Å². The van der Waals surface area contributed by atoms with Crippen LogP contribution in [0.3, 0.4) is 0 Å². The van der Waals surface area contributed by atoms with Crippen LogP contribution >= 0.6 is 0 Å². The molecule has 0 saturated carbocycles. The quantitative estimate of drug-likeness (QED) is 0.735. The van der Waals surface area contributed by atoms with Crippen molar-refractivity contribution in [2.75, 3.05) is 17.7 Å². The molecule has 0 fully saturated rings. The number of benzene rings is 2. The van der Waals surface area contributed by atoms with Crippen LogP contribution in [-0.2, 0) is 0 Å². The molecule has 7 heteroatoms. The number of hydrogen-bond acceptors (Lipinski definition) is 6. The Hall–Kier alpha value is -3.92. The zero-order valence-corrected chi connectivity index (χ0v) is 13.9. The van der Waals surface area contributed by atoms with Crippen LogP contribution in [0.5, 0.6) is 5.75 Å². The van der Waals surface area contributed by atoms with Gasteiger partial charge in [-0.05, 0) is 36.4 Å². The number of hydrogen-bond donors (Lipinski definition) is 2. The first-order valence-corrected chi connectivity index (χ1v) is 7.74. The van der Waals surface area contributed by atoms with E-state index < -0.39 is 0 Å². The van der Waals surface area contributed by atoms with E-state index in [-0.39, 0.29) is 17.5 Å². The zero-order valence-electron chi connectivity index (χ0n) is 13.9. The van der Waals surface area contributed by atoms with Gasteiger partial charge >= 0.3 is 0 Å². The van der Waals surface area contributed by atoms with E-state index in [9.17, 15) is 4.79 Å². The van der Waals surface area contributed by atoms with Gasteiger partial charge in [0.2, 0.25) is 5.95 Å². The Morgan fingerprint density at radius 3 is 2.81 bits per heavy atom. The second kappa shape index (κ2) is 7.77. The van der Waals surface area contributed by atoms with Crippen molar-refractivity contribution >= 4 is 23.2 Å². The minimum absolute atomic E-state index is 0.199. The largest absolute Gasteiger partial charge is 0.495 e. The summed E-state index contributed by atoms with van der Waals surface area (Å²) in [7, 11) is 1.53. The normalized spacial score (nSPS) is 9.85. The highest BCUT2D eigenvalue weighted by Crippen LogP contribution is 2.23. The number of carbonyl (C=O) groups excluding carboxylic acids is 1. The van der Waals surface area contributed by atoms with Crippen LogP contribution in [0, 0.1) is 11.3 Å². The molecule has 1 aromatic heterocycles. The Balaban J connectivity index is 1.78. The second-order valence-corrected chi connectivity index (χ2v) is 5.24. The number of carbonyl (C=O) groups is 1. The minimum atomic E-state index is -0.384. The van der Waals surface area contributed by atoms with E-state index in [2.05, 4.69) is 26.7 Å². The number of anilines is 3. The van der Waals surface area contributed by atoms with Crippen LogP contribution < -0.4 is 15.4 Å². The fourth-order valence-electron chi connectivity index (χ4n) is 2.28. The zero-order chi connectivity index (χ0) is 18.4. The van der Waals surface area contributed by atoms with Gasteiger partial charge in [-0.3, -0.25) is 4.79 Å². The number of nitrogens with one attached hydrogen (secondary N) is 2. The van der Waals surface area contributed by atoms with Crippen molar-refractivity contribution in [2.45, 2.75) is 0 Å². The molecule has 26 heavy (non-hydrogen) atoms. The van der Waals surface area contributed by atoms with Crippen molar-refractivity contribution in [3.05, 3.63) is 72.1 Å². The Morgan fingerprint density at radius 2 is 2.00 bits per heavy atom. The molecule has 3 rings (SSSR count). The monoisotopic (exact) mass is 345 g/mol. The van der Waals surface area contributed by atoms with Crippen molar-refractivity contribution in [2.24, 2.45) is 0 Å². The lowest BCUT2D eigenvalue weighted by Gasteiger charge is -2.10. The van der Waals surface area contributed by atoms with Gasteiger partial charge in [-0.2, -0.15) is 5.26 Å². The molecule has 0 saturated heterocycles. The molecule has 128 valence electrons. The molecule has 7 nitrogen and oxygen atoms in total. The summed E-state index contributed by atoms with van der Waals surface area (Å²) in [4.78, 5) is 20.8. The van der Waals surface area contributed by atoms with Gasteiger partial charge in [0, 0.05) is 11.9 Å². The number of methoxy groups -OCH3 is 1. The lowest BCUT2D eigenvalue weighted by molar-refractivity contribution is 0.102. The highest BCUT2D eigenvalue weighted by molar-refractivity contribution is 6.03. The Kier molecular flexibility index (Phi) is 5.05. The third-order valence-corrected chi connectivity index (χ3v) is 3.49. The standard InChI is InChI=1S/C19H15N5O2/c1-26-17-8-3-2-7-15(17)23-18(25)16-9-10-21-19(24-16)22-14-6-4-5-13(11-14)12-20/h2-11H,1H3,(H,23,25)(H,21,22,24). The van der Waals surface area contributed by atoms with Gasteiger partial charge in [0.25, 0.3) is 5.91 Å². The number of nitriles is 1. The Labute approximate surface area is 150 Å². The molecule has 0 atom stereocenters. The molecule has 0 bridgehead atoms. The predicted octanol–water partition coefficient (Wildman–Crippen LogP) is 3.35. The molecule has 3 aromatic rings. The van der Waals surface area contributed by atoms with E-state index in [0.717, 1.165) is 0 Å². The van der Waals surface area contributed by atoms with Crippen LogP contribution in [0.2, 0.25) is 0 Å². The molecular weight excluding hydrogens is 330 g/mol. The third-order valence-electron chi connectivity index (χ3n) is 3.49. The van der Waals surface area contributed by atoms with Crippen LogP contribution in [0.25, 0.3) is 0 Å². The summed E-state index contributed by atoms with van der Waals surface area (Å²) < 4.78 is 5.22. The molecule has 0 aliphatic rings. The number of nitrogens with zero attached hydrogens (tertiary/aromatic N) is 3. The van der Waals surface area contributed by atoms with Crippen LogP contribution in [0.1, 0.15) is 16.1 Å². The smallest absolute Gasteiger partial charge is 0.274 e. The maximum Gasteiger partial charge on any atom is 0.274 e. The molecule has 0 aliphatic carbocycles. The second-order valence-electron chi connectivity index (χ2n) is 5.24. The summed E-state index contributed by atoms with van der Waals surface area (Å²) in [6.45, 7) is 0. The summed E-state index contributed by atoms with van der Waals surface area (Å²) >= 11 is 0. The fourth-order valence-corrected chi connectivity index (χ4v) is 2.28. The number of rotatable bonds is 5. The lowest BCUT2D eigenvalue weighted by Crippen LogP contribution is -2.15. The number of para-hydroxylation sites is 2. The number of aromatic nitrogens is 2. The number of ether oxygens (including phenoxy) is 1. The number of amides is 1. The fraction of sp³-hybridized carbons (Fsp3) is 0.0526. The molecular formula is C19H15N5O2. The average Bonchev–Trinajstić information content (AvgIpc) is 2.68. The first-order valence-electron chi connectivity index (χ1n) is 7.74. The maximum absolute atomic E-state index is 12.5. The van der Waals surface area contributed by atoms with Gasteiger partial charge in [0.15, 0.2) is 0 Å². The molecule has 1 amide bonds. The van der Waals surface area contributed by atoms with Crippen molar-refractivity contribution < 1.29 is 9.53 Å². The van der Waals surface area contributed by atoms with Gasteiger partial charge in [0.05, 0.1) is 24.4 Å². The topological polar surface area (TPSA) is 99.9 Å². The van der Waals surface area contributed by atoms with Gasteiger partial charge in [-0.15, -0.1) is 0 Å². The van der Waals surface area contributed by atoms with Gasteiger partial charge in [0.1, 0.15) is 11.4 Å². The molecule has 0 aliphatic heterocycles. The minimum Gasteiger partial charge on any atom is -0.495 e. The molecule has 0 radical (unpaired) electrons. The third kappa shape index (κ3) is 3.94. The summed E-state index contributed by atoms with van der Waals surface area (Å²) in [5.74, 6) is 0.431. The molecule has 2 aromatic carbocycles. The van der Waals surface area contributed by atoms with Crippen molar-refractivity contribution in [3.8, 4) is 11.8 Å².